The first kappa shape index (κ1) is 10.3. The van der Waals surface area contributed by atoms with E-state index in [1.165, 1.54) is 32.2 Å². The van der Waals surface area contributed by atoms with Crippen LogP contribution in [0.25, 0.3) is 0 Å². The number of halogens is 1. The second kappa shape index (κ2) is 5.82. The molecule has 1 aliphatic rings. The van der Waals surface area contributed by atoms with Gasteiger partial charge in [-0.15, -0.1) is 11.6 Å². The van der Waals surface area contributed by atoms with Crippen LogP contribution >= 0.6 is 11.6 Å². The van der Waals surface area contributed by atoms with Crippen LogP contribution < -0.4 is 5.32 Å². The van der Waals surface area contributed by atoms with Crippen LogP contribution in [0.5, 0.6) is 0 Å². The molecule has 1 aliphatic carbocycles. The summed E-state index contributed by atoms with van der Waals surface area (Å²) in [5, 5.41) is 3.42. The topological polar surface area (TPSA) is 12.0 Å². The lowest BCUT2D eigenvalue weighted by molar-refractivity contribution is 0.252. The van der Waals surface area contributed by atoms with Gasteiger partial charge in [0.1, 0.15) is 0 Å². The molecule has 0 heterocycles. The van der Waals surface area contributed by atoms with Crippen LogP contribution in [0.15, 0.2) is 0 Å². The van der Waals surface area contributed by atoms with Crippen LogP contribution in [0.4, 0.5) is 0 Å². The van der Waals surface area contributed by atoms with Gasteiger partial charge in [0.15, 0.2) is 0 Å². The zero-order valence-corrected chi connectivity index (χ0v) is 8.74. The predicted molar refractivity (Wildman–Crippen MR) is 54.7 cm³/mol. The molecule has 1 fully saturated rings. The number of hydrogen-bond donors (Lipinski definition) is 1. The second-order valence-electron chi connectivity index (χ2n) is 3.77. The zero-order chi connectivity index (χ0) is 8.81. The molecule has 12 heavy (non-hydrogen) atoms. The van der Waals surface area contributed by atoms with Crippen molar-refractivity contribution in [3.63, 3.8) is 0 Å². The van der Waals surface area contributed by atoms with Crippen LogP contribution in [0.2, 0.25) is 0 Å². The lowest BCUT2D eigenvalue weighted by Gasteiger charge is -2.30. The van der Waals surface area contributed by atoms with E-state index in [-0.39, 0.29) is 0 Å². The normalized spacial score (nSPS) is 30.5. The zero-order valence-electron chi connectivity index (χ0n) is 7.98. The molecule has 2 heteroatoms. The maximum absolute atomic E-state index is 5.93. The fourth-order valence-electron chi connectivity index (χ4n) is 2.09. The summed E-state index contributed by atoms with van der Waals surface area (Å²) in [4.78, 5) is 0. The number of alkyl halides is 1. The van der Waals surface area contributed by atoms with Gasteiger partial charge >= 0.3 is 0 Å². The maximum atomic E-state index is 5.93. The first-order valence-electron chi connectivity index (χ1n) is 5.15. The van der Waals surface area contributed by atoms with Crippen LogP contribution in [0, 0.1) is 11.8 Å². The molecule has 72 valence electrons. The fourth-order valence-corrected chi connectivity index (χ4v) is 2.49. The van der Waals surface area contributed by atoms with Gasteiger partial charge in [0.2, 0.25) is 0 Å². The van der Waals surface area contributed by atoms with Gasteiger partial charge in [-0.1, -0.05) is 19.8 Å². The molecule has 0 aromatic carbocycles. The monoisotopic (exact) mass is 189 g/mol. The van der Waals surface area contributed by atoms with E-state index in [4.69, 9.17) is 11.6 Å². The molecule has 2 unspecified atom stereocenters. The van der Waals surface area contributed by atoms with Gasteiger partial charge < -0.3 is 5.32 Å². The highest BCUT2D eigenvalue weighted by Crippen LogP contribution is 2.30. The Labute approximate surface area is 80.9 Å². The summed E-state index contributed by atoms with van der Waals surface area (Å²) < 4.78 is 0. The molecule has 1 N–H and O–H groups in total. The molecular formula is C10H20ClN. The maximum Gasteiger partial charge on any atom is 0.0254 e. The smallest absolute Gasteiger partial charge is 0.0254 e. The molecule has 0 aromatic rings. The van der Waals surface area contributed by atoms with Crippen molar-refractivity contribution in [1.29, 1.82) is 0 Å². The van der Waals surface area contributed by atoms with Crippen LogP contribution in [0.1, 0.15) is 32.6 Å². The third kappa shape index (κ3) is 2.95. The highest BCUT2D eigenvalue weighted by molar-refractivity contribution is 6.18. The van der Waals surface area contributed by atoms with Gasteiger partial charge in [0.05, 0.1) is 0 Å². The van der Waals surface area contributed by atoms with Gasteiger partial charge in [0, 0.05) is 5.88 Å². The van der Waals surface area contributed by atoms with Gasteiger partial charge in [-0.3, -0.25) is 0 Å². The van der Waals surface area contributed by atoms with Crippen LogP contribution in [-0.2, 0) is 0 Å². The van der Waals surface area contributed by atoms with E-state index in [1.807, 2.05) is 0 Å². The molecule has 0 bridgehead atoms. The van der Waals surface area contributed by atoms with Crippen molar-refractivity contribution in [2.45, 2.75) is 32.6 Å². The van der Waals surface area contributed by atoms with Crippen molar-refractivity contribution >= 4 is 11.6 Å². The van der Waals surface area contributed by atoms with E-state index in [2.05, 4.69) is 12.2 Å². The Hall–Kier alpha value is 0.250. The lowest BCUT2D eigenvalue weighted by Crippen LogP contribution is -2.31. The number of nitrogens with one attached hydrogen (secondary N) is 1. The average Bonchev–Trinajstić information content (AvgIpc) is 2.15. The first-order chi connectivity index (χ1) is 5.88. The molecular weight excluding hydrogens is 170 g/mol. The molecule has 0 aromatic heterocycles. The molecule has 0 spiro atoms. The van der Waals surface area contributed by atoms with E-state index in [1.54, 1.807) is 0 Å². The minimum Gasteiger partial charge on any atom is -0.317 e. The Balaban J connectivity index is 2.26. The predicted octanol–water partition coefficient (Wildman–Crippen LogP) is 2.64. The summed E-state index contributed by atoms with van der Waals surface area (Å²) in [6.45, 7) is 4.43. The Bertz CT molecular complexity index is 116. The van der Waals surface area contributed by atoms with Crippen LogP contribution in [0.3, 0.4) is 0 Å². The summed E-state index contributed by atoms with van der Waals surface area (Å²) in [6, 6.07) is 0. The summed E-state index contributed by atoms with van der Waals surface area (Å²) in [6.07, 6.45) is 5.52. The fraction of sp³-hybridized carbons (Fsp3) is 1.00. The standard InChI is InChI=1S/C10H20ClN/c1-2-12-8-10-6-4-3-5-9(10)7-11/h9-10,12H,2-8H2,1H3. The van der Waals surface area contributed by atoms with Crippen molar-refractivity contribution < 1.29 is 0 Å². The largest absolute Gasteiger partial charge is 0.317 e. The van der Waals surface area contributed by atoms with Crippen molar-refractivity contribution in [2.24, 2.45) is 11.8 Å². The third-order valence-electron chi connectivity index (χ3n) is 2.92. The van der Waals surface area contributed by atoms with E-state index >= 15 is 0 Å². The summed E-state index contributed by atoms with van der Waals surface area (Å²) in [5.41, 5.74) is 0. The van der Waals surface area contributed by atoms with E-state index < -0.39 is 0 Å². The lowest BCUT2D eigenvalue weighted by atomic mass is 9.80. The molecule has 0 radical (unpaired) electrons. The van der Waals surface area contributed by atoms with Gasteiger partial charge in [-0.2, -0.15) is 0 Å². The van der Waals surface area contributed by atoms with E-state index in [9.17, 15) is 0 Å². The Morgan fingerprint density at radius 2 is 1.92 bits per heavy atom. The average molecular weight is 190 g/mol. The Kier molecular flexibility index (Phi) is 5.01. The van der Waals surface area contributed by atoms with Gasteiger partial charge in [0.25, 0.3) is 0 Å². The summed E-state index contributed by atoms with van der Waals surface area (Å²) in [7, 11) is 0. The summed E-state index contributed by atoms with van der Waals surface area (Å²) in [5.74, 6) is 2.48. The molecule has 1 rings (SSSR count). The SMILES string of the molecule is CCNCC1CCCCC1CCl. The minimum absolute atomic E-state index is 0.777. The molecule has 0 amide bonds. The van der Waals surface area contributed by atoms with Crippen LogP contribution in [-0.4, -0.2) is 19.0 Å². The van der Waals surface area contributed by atoms with Crippen molar-refractivity contribution in [2.75, 3.05) is 19.0 Å². The van der Waals surface area contributed by atoms with E-state index in [0.717, 1.165) is 24.3 Å². The number of hydrogen-bond acceptors (Lipinski definition) is 1. The Morgan fingerprint density at radius 1 is 1.25 bits per heavy atom. The van der Waals surface area contributed by atoms with Crippen molar-refractivity contribution in [3.05, 3.63) is 0 Å². The Morgan fingerprint density at radius 3 is 2.50 bits per heavy atom. The molecule has 2 atom stereocenters. The third-order valence-corrected chi connectivity index (χ3v) is 3.32. The van der Waals surface area contributed by atoms with Crippen molar-refractivity contribution in [1.82, 2.24) is 5.32 Å². The highest BCUT2D eigenvalue weighted by atomic mass is 35.5. The summed E-state index contributed by atoms with van der Waals surface area (Å²) >= 11 is 5.93. The quantitative estimate of drug-likeness (QED) is 0.671. The second-order valence-corrected chi connectivity index (χ2v) is 4.08. The van der Waals surface area contributed by atoms with Gasteiger partial charge in [-0.05, 0) is 37.8 Å². The van der Waals surface area contributed by atoms with Gasteiger partial charge in [-0.25, -0.2) is 0 Å². The minimum atomic E-state index is 0.777. The molecule has 1 nitrogen and oxygen atoms in total. The number of rotatable bonds is 4. The molecule has 1 saturated carbocycles. The molecule has 0 aliphatic heterocycles. The molecule has 0 saturated heterocycles. The van der Waals surface area contributed by atoms with E-state index in [0.29, 0.717) is 0 Å². The highest BCUT2D eigenvalue weighted by Gasteiger charge is 2.23. The first-order valence-corrected chi connectivity index (χ1v) is 5.68. The van der Waals surface area contributed by atoms with Crippen molar-refractivity contribution in [3.8, 4) is 0 Å².